The van der Waals surface area contributed by atoms with E-state index in [9.17, 15) is 9.59 Å². The number of hydrogen-bond donors (Lipinski definition) is 2. The van der Waals surface area contributed by atoms with E-state index in [0.717, 1.165) is 36.5 Å². The molecule has 0 saturated carbocycles. The number of aromatic nitrogens is 3. The third-order valence-electron chi connectivity index (χ3n) is 5.01. The van der Waals surface area contributed by atoms with Gasteiger partial charge in [0.2, 0.25) is 0 Å². The van der Waals surface area contributed by atoms with Gasteiger partial charge in [-0.15, -0.1) is 11.3 Å². The Balaban J connectivity index is 1.54. The Morgan fingerprint density at radius 2 is 1.97 bits per heavy atom. The van der Waals surface area contributed by atoms with E-state index in [0.29, 0.717) is 17.8 Å². The van der Waals surface area contributed by atoms with Crippen molar-refractivity contribution in [1.29, 1.82) is 0 Å². The van der Waals surface area contributed by atoms with Crippen molar-refractivity contribution in [3.05, 3.63) is 70.2 Å². The van der Waals surface area contributed by atoms with Crippen molar-refractivity contribution in [3.63, 3.8) is 0 Å². The van der Waals surface area contributed by atoms with Gasteiger partial charge in [-0.3, -0.25) is 9.59 Å². The second-order valence-corrected chi connectivity index (χ2v) is 7.99. The van der Waals surface area contributed by atoms with Crippen molar-refractivity contribution in [2.24, 2.45) is 0 Å². The van der Waals surface area contributed by atoms with Crippen LogP contribution in [0.4, 0.5) is 0 Å². The number of hydrogen-bond acceptors (Lipinski definition) is 5. The van der Waals surface area contributed by atoms with Crippen molar-refractivity contribution >= 4 is 23.2 Å². The first-order valence-corrected chi connectivity index (χ1v) is 10.7. The van der Waals surface area contributed by atoms with E-state index in [1.54, 1.807) is 5.38 Å². The molecule has 0 spiro atoms. The molecule has 1 aliphatic heterocycles. The maximum absolute atomic E-state index is 12.8. The number of rotatable bonds is 6. The number of carbonyl (C=O) groups excluding carboxylic acids is 2. The number of nitrogens with zero attached hydrogens (tertiary/aromatic N) is 3. The zero-order valence-electron chi connectivity index (χ0n) is 16.0. The van der Waals surface area contributed by atoms with Gasteiger partial charge in [0.05, 0.1) is 18.6 Å². The molecule has 8 heteroatoms. The van der Waals surface area contributed by atoms with Crippen LogP contribution in [-0.4, -0.2) is 44.8 Å². The van der Waals surface area contributed by atoms with E-state index in [-0.39, 0.29) is 17.9 Å². The van der Waals surface area contributed by atoms with E-state index in [1.165, 1.54) is 30.3 Å². The van der Waals surface area contributed by atoms with Crippen LogP contribution in [0, 0.1) is 0 Å². The lowest BCUT2D eigenvalue weighted by molar-refractivity contribution is 0.0719. The predicted molar refractivity (Wildman–Crippen MR) is 111 cm³/mol. The summed E-state index contributed by atoms with van der Waals surface area (Å²) in [5, 5.41) is 5.55. The molecule has 1 aromatic carbocycles. The highest BCUT2D eigenvalue weighted by Gasteiger charge is 2.24. The molecule has 1 saturated heterocycles. The predicted octanol–water partition coefficient (Wildman–Crippen LogP) is 3.21. The van der Waals surface area contributed by atoms with Crippen LogP contribution in [0.1, 0.15) is 56.9 Å². The Hall–Kier alpha value is -3.00. The first-order valence-electron chi connectivity index (χ1n) is 9.78. The molecule has 3 heterocycles. The second kappa shape index (κ2) is 9.00. The monoisotopic (exact) mass is 409 g/mol. The van der Waals surface area contributed by atoms with Crippen molar-refractivity contribution in [3.8, 4) is 0 Å². The SMILES string of the molecule is O=C(N[C@@H](Cc1ccccc1)c1nc(C(=O)N2CCCCC2)cs1)c1cnc[nH]1. The molecule has 4 rings (SSSR count). The van der Waals surface area contributed by atoms with E-state index in [1.807, 2.05) is 35.2 Å². The highest BCUT2D eigenvalue weighted by molar-refractivity contribution is 7.09. The Labute approximate surface area is 173 Å². The first-order chi connectivity index (χ1) is 14.2. The number of nitrogens with one attached hydrogen (secondary N) is 2. The zero-order valence-corrected chi connectivity index (χ0v) is 16.8. The van der Waals surface area contributed by atoms with Gasteiger partial charge in [0.1, 0.15) is 16.4 Å². The Morgan fingerprint density at radius 3 is 2.69 bits per heavy atom. The van der Waals surface area contributed by atoms with Crippen LogP contribution >= 0.6 is 11.3 Å². The molecule has 0 unspecified atom stereocenters. The number of H-pyrrole nitrogens is 1. The molecule has 29 heavy (non-hydrogen) atoms. The number of thiazole rings is 1. The minimum absolute atomic E-state index is 0.0226. The van der Waals surface area contributed by atoms with Gasteiger partial charge in [0.25, 0.3) is 11.8 Å². The van der Waals surface area contributed by atoms with Gasteiger partial charge in [-0.2, -0.15) is 0 Å². The number of piperidine rings is 1. The molecule has 1 fully saturated rings. The molecule has 0 bridgehead atoms. The number of likely N-dealkylation sites (tertiary alicyclic amines) is 1. The van der Waals surface area contributed by atoms with Crippen molar-refractivity contribution in [2.75, 3.05) is 13.1 Å². The highest BCUT2D eigenvalue weighted by Crippen LogP contribution is 2.24. The van der Waals surface area contributed by atoms with Gasteiger partial charge in [-0.1, -0.05) is 30.3 Å². The van der Waals surface area contributed by atoms with E-state index >= 15 is 0 Å². The summed E-state index contributed by atoms with van der Waals surface area (Å²) in [6, 6.07) is 9.60. The number of aromatic amines is 1. The topological polar surface area (TPSA) is 91.0 Å². The molecular formula is C21H23N5O2S. The van der Waals surface area contributed by atoms with Gasteiger partial charge >= 0.3 is 0 Å². The van der Waals surface area contributed by atoms with Crippen LogP contribution in [0.25, 0.3) is 0 Å². The fraction of sp³-hybridized carbons (Fsp3) is 0.333. The van der Waals surface area contributed by atoms with Crippen LogP contribution in [0.2, 0.25) is 0 Å². The van der Waals surface area contributed by atoms with Crippen LogP contribution in [0.3, 0.4) is 0 Å². The third-order valence-corrected chi connectivity index (χ3v) is 5.97. The fourth-order valence-electron chi connectivity index (χ4n) is 3.47. The summed E-state index contributed by atoms with van der Waals surface area (Å²) in [5.74, 6) is -0.270. The van der Waals surface area contributed by atoms with Gasteiger partial charge in [0.15, 0.2) is 0 Å². The van der Waals surface area contributed by atoms with Gasteiger partial charge in [-0.05, 0) is 31.2 Å². The number of benzene rings is 1. The van der Waals surface area contributed by atoms with Crippen LogP contribution in [0.15, 0.2) is 48.2 Å². The normalized spacial score (nSPS) is 15.1. The maximum atomic E-state index is 12.8. The zero-order chi connectivity index (χ0) is 20.1. The minimum Gasteiger partial charge on any atom is -0.341 e. The smallest absolute Gasteiger partial charge is 0.273 e. The maximum Gasteiger partial charge on any atom is 0.273 e. The summed E-state index contributed by atoms with van der Waals surface area (Å²) in [4.78, 5) is 38.6. The summed E-state index contributed by atoms with van der Waals surface area (Å²) in [6.07, 6.45) is 6.80. The Bertz CT molecular complexity index is 949. The third kappa shape index (κ3) is 4.71. The lowest BCUT2D eigenvalue weighted by atomic mass is 10.1. The Kier molecular flexibility index (Phi) is 6.00. The number of imidazole rings is 1. The standard InChI is InChI=1S/C21H23N5O2S/c27-19(17-12-22-14-23-17)24-16(11-15-7-3-1-4-8-15)20-25-18(13-29-20)21(28)26-9-5-2-6-10-26/h1,3-4,7-8,12-14,16H,2,5-6,9-11H2,(H,22,23)(H,24,27)/t16-/m0/s1. The quantitative estimate of drug-likeness (QED) is 0.654. The number of amides is 2. The van der Waals surface area contributed by atoms with Crippen molar-refractivity contribution in [1.82, 2.24) is 25.2 Å². The molecular weight excluding hydrogens is 386 g/mol. The van der Waals surface area contributed by atoms with Gasteiger partial charge in [0, 0.05) is 18.5 Å². The van der Waals surface area contributed by atoms with Gasteiger partial charge < -0.3 is 15.2 Å². The lowest BCUT2D eigenvalue weighted by Crippen LogP contribution is -2.36. The minimum atomic E-state index is -0.332. The molecule has 0 aliphatic carbocycles. The second-order valence-electron chi connectivity index (χ2n) is 7.10. The van der Waals surface area contributed by atoms with Crippen molar-refractivity contribution < 1.29 is 9.59 Å². The summed E-state index contributed by atoms with van der Waals surface area (Å²) in [5.41, 5.74) is 1.94. The molecule has 3 aromatic rings. The molecule has 150 valence electrons. The molecule has 2 N–H and O–H groups in total. The van der Waals surface area contributed by atoms with Crippen LogP contribution < -0.4 is 5.32 Å². The molecule has 0 radical (unpaired) electrons. The average molecular weight is 410 g/mol. The first kappa shape index (κ1) is 19.3. The number of carbonyl (C=O) groups is 2. The molecule has 1 aliphatic rings. The summed E-state index contributed by atoms with van der Waals surface area (Å²) >= 11 is 1.41. The van der Waals surface area contributed by atoms with Crippen LogP contribution in [-0.2, 0) is 6.42 Å². The Morgan fingerprint density at radius 1 is 1.17 bits per heavy atom. The largest absolute Gasteiger partial charge is 0.341 e. The van der Waals surface area contributed by atoms with Crippen molar-refractivity contribution in [2.45, 2.75) is 31.7 Å². The molecule has 1 atom stereocenters. The molecule has 7 nitrogen and oxygen atoms in total. The molecule has 2 aromatic heterocycles. The van der Waals surface area contributed by atoms with Crippen LogP contribution in [0.5, 0.6) is 0 Å². The fourth-order valence-corrected chi connectivity index (χ4v) is 4.31. The lowest BCUT2D eigenvalue weighted by Gasteiger charge is -2.25. The summed E-state index contributed by atoms with van der Waals surface area (Å²) in [6.45, 7) is 1.57. The summed E-state index contributed by atoms with van der Waals surface area (Å²) in [7, 11) is 0. The van der Waals surface area contributed by atoms with E-state index in [2.05, 4.69) is 20.3 Å². The van der Waals surface area contributed by atoms with Gasteiger partial charge in [-0.25, -0.2) is 9.97 Å². The van der Waals surface area contributed by atoms with E-state index < -0.39 is 0 Å². The van der Waals surface area contributed by atoms with E-state index in [4.69, 9.17) is 0 Å². The molecule has 2 amide bonds. The highest BCUT2D eigenvalue weighted by atomic mass is 32.1. The average Bonchev–Trinajstić information content (AvgIpc) is 3.46. The summed E-state index contributed by atoms with van der Waals surface area (Å²) < 4.78 is 0.